The van der Waals surface area contributed by atoms with E-state index in [4.69, 9.17) is 9.84 Å². The van der Waals surface area contributed by atoms with Crippen molar-refractivity contribution < 1.29 is 9.84 Å². The molecule has 2 rings (SSSR count). The molecule has 0 radical (unpaired) electrons. The second kappa shape index (κ2) is 5.21. The van der Waals surface area contributed by atoms with Gasteiger partial charge in [-0.05, 0) is 35.4 Å². The fraction of sp³-hybridized carbons (Fsp3) is 0.0667. The summed E-state index contributed by atoms with van der Waals surface area (Å²) in [5, 5.41) is 9.17. The largest absolute Gasteiger partial charge is 0.508 e. The standard InChI is InChI=1S/C15H14O2/c1-17-15-4-2-3-13(11-15)6-5-12-7-9-14(16)10-8-12/h2-11,16H,1H3/b6-5+. The van der Waals surface area contributed by atoms with Crippen LogP contribution in [0.1, 0.15) is 11.1 Å². The second-order valence-electron chi connectivity index (χ2n) is 3.70. The van der Waals surface area contributed by atoms with E-state index in [-0.39, 0.29) is 5.75 Å². The maximum Gasteiger partial charge on any atom is 0.119 e. The summed E-state index contributed by atoms with van der Waals surface area (Å²) < 4.78 is 5.16. The summed E-state index contributed by atoms with van der Waals surface area (Å²) in [7, 11) is 1.66. The predicted octanol–water partition coefficient (Wildman–Crippen LogP) is 3.57. The molecule has 0 unspecified atom stereocenters. The first kappa shape index (κ1) is 11.3. The van der Waals surface area contributed by atoms with Gasteiger partial charge in [0.2, 0.25) is 0 Å². The highest BCUT2D eigenvalue weighted by Crippen LogP contribution is 2.16. The van der Waals surface area contributed by atoms with E-state index in [2.05, 4.69) is 0 Å². The minimum atomic E-state index is 0.281. The molecule has 17 heavy (non-hydrogen) atoms. The first-order chi connectivity index (χ1) is 8.28. The van der Waals surface area contributed by atoms with Gasteiger partial charge in [-0.25, -0.2) is 0 Å². The molecule has 2 nitrogen and oxygen atoms in total. The monoisotopic (exact) mass is 226 g/mol. The SMILES string of the molecule is COc1cccc(/C=C/c2ccc(O)cc2)c1. The van der Waals surface area contributed by atoms with E-state index in [1.54, 1.807) is 19.2 Å². The van der Waals surface area contributed by atoms with E-state index in [9.17, 15) is 0 Å². The van der Waals surface area contributed by atoms with Crippen LogP contribution < -0.4 is 4.74 Å². The van der Waals surface area contributed by atoms with Gasteiger partial charge in [0.05, 0.1) is 7.11 Å². The third kappa shape index (κ3) is 3.11. The van der Waals surface area contributed by atoms with E-state index in [1.807, 2.05) is 48.6 Å². The topological polar surface area (TPSA) is 29.5 Å². The molecule has 0 aliphatic carbocycles. The fourth-order valence-corrected chi connectivity index (χ4v) is 1.52. The number of hydrogen-bond acceptors (Lipinski definition) is 2. The van der Waals surface area contributed by atoms with Crippen molar-refractivity contribution >= 4 is 12.2 Å². The molecular weight excluding hydrogens is 212 g/mol. The molecule has 0 aliphatic rings. The molecule has 0 atom stereocenters. The minimum absolute atomic E-state index is 0.281. The maximum absolute atomic E-state index is 9.17. The molecule has 0 aliphatic heterocycles. The Balaban J connectivity index is 2.16. The molecule has 0 aromatic heterocycles. The third-order valence-electron chi connectivity index (χ3n) is 2.46. The summed E-state index contributed by atoms with van der Waals surface area (Å²) in [5.74, 6) is 1.13. The van der Waals surface area contributed by atoms with Gasteiger partial charge in [-0.15, -0.1) is 0 Å². The summed E-state index contributed by atoms with van der Waals surface area (Å²) in [6.45, 7) is 0. The van der Waals surface area contributed by atoms with Crippen molar-refractivity contribution in [2.75, 3.05) is 7.11 Å². The Kier molecular flexibility index (Phi) is 3.46. The molecule has 2 heteroatoms. The highest BCUT2D eigenvalue weighted by Gasteiger charge is 1.92. The molecule has 0 heterocycles. The van der Waals surface area contributed by atoms with Gasteiger partial charge in [0.25, 0.3) is 0 Å². The summed E-state index contributed by atoms with van der Waals surface area (Å²) >= 11 is 0. The van der Waals surface area contributed by atoms with Crippen LogP contribution in [0, 0.1) is 0 Å². The van der Waals surface area contributed by atoms with Crippen LogP contribution in [0.5, 0.6) is 11.5 Å². The van der Waals surface area contributed by atoms with Gasteiger partial charge in [-0.3, -0.25) is 0 Å². The molecule has 0 amide bonds. The Morgan fingerprint density at radius 2 is 1.65 bits per heavy atom. The highest BCUT2D eigenvalue weighted by molar-refractivity contribution is 5.70. The van der Waals surface area contributed by atoms with E-state index in [0.717, 1.165) is 16.9 Å². The Hall–Kier alpha value is -2.22. The van der Waals surface area contributed by atoms with Gasteiger partial charge in [0.1, 0.15) is 11.5 Å². The Morgan fingerprint density at radius 3 is 2.35 bits per heavy atom. The molecule has 2 aromatic carbocycles. The van der Waals surface area contributed by atoms with Gasteiger partial charge < -0.3 is 9.84 Å². The summed E-state index contributed by atoms with van der Waals surface area (Å²) in [5.41, 5.74) is 2.13. The normalized spacial score (nSPS) is 10.6. The third-order valence-corrected chi connectivity index (χ3v) is 2.46. The predicted molar refractivity (Wildman–Crippen MR) is 70.0 cm³/mol. The number of methoxy groups -OCH3 is 1. The first-order valence-electron chi connectivity index (χ1n) is 5.39. The fourth-order valence-electron chi connectivity index (χ4n) is 1.52. The van der Waals surface area contributed by atoms with Crippen molar-refractivity contribution in [1.82, 2.24) is 0 Å². The molecular formula is C15H14O2. The quantitative estimate of drug-likeness (QED) is 0.811. The lowest BCUT2D eigenvalue weighted by atomic mass is 10.1. The van der Waals surface area contributed by atoms with Crippen LogP contribution in [-0.4, -0.2) is 12.2 Å². The number of phenols is 1. The average Bonchev–Trinajstić information content (AvgIpc) is 2.38. The van der Waals surface area contributed by atoms with Crippen LogP contribution in [0.15, 0.2) is 48.5 Å². The molecule has 0 saturated carbocycles. The number of phenolic OH excluding ortho intramolecular Hbond substituents is 1. The van der Waals surface area contributed by atoms with Crippen LogP contribution in [0.3, 0.4) is 0 Å². The lowest BCUT2D eigenvalue weighted by molar-refractivity contribution is 0.414. The molecule has 0 bridgehead atoms. The second-order valence-corrected chi connectivity index (χ2v) is 3.70. The van der Waals surface area contributed by atoms with E-state index < -0.39 is 0 Å². The number of ether oxygens (including phenoxy) is 1. The Bertz CT molecular complexity index is 513. The summed E-state index contributed by atoms with van der Waals surface area (Å²) in [6.07, 6.45) is 4.00. The van der Waals surface area contributed by atoms with Crippen molar-refractivity contribution in [2.45, 2.75) is 0 Å². The zero-order valence-electron chi connectivity index (χ0n) is 9.63. The molecule has 0 fully saturated rings. The number of rotatable bonds is 3. The van der Waals surface area contributed by atoms with Crippen molar-refractivity contribution in [3.8, 4) is 11.5 Å². The van der Waals surface area contributed by atoms with E-state index in [1.165, 1.54) is 0 Å². The van der Waals surface area contributed by atoms with Crippen LogP contribution in [-0.2, 0) is 0 Å². The Labute approximate surface area is 101 Å². The number of hydrogen-bond donors (Lipinski definition) is 1. The lowest BCUT2D eigenvalue weighted by Crippen LogP contribution is -1.82. The van der Waals surface area contributed by atoms with Crippen LogP contribution in [0.2, 0.25) is 0 Å². The zero-order valence-corrected chi connectivity index (χ0v) is 9.63. The van der Waals surface area contributed by atoms with Gasteiger partial charge in [-0.2, -0.15) is 0 Å². The molecule has 0 spiro atoms. The highest BCUT2D eigenvalue weighted by atomic mass is 16.5. The minimum Gasteiger partial charge on any atom is -0.508 e. The van der Waals surface area contributed by atoms with Gasteiger partial charge in [-0.1, -0.05) is 36.4 Å². The molecule has 1 N–H and O–H groups in total. The van der Waals surface area contributed by atoms with Crippen molar-refractivity contribution in [1.29, 1.82) is 0 Å². The van der Waals surface area contributed by atoms with Crippen LogP contribution in [0.25, 0.3) is 12.2 Å². The maximum atomic E-state index is 9.17. The van der Waals surface area contributed by atoms with Gasteiger partial charge in [0.15, 0.2) is 0 Å². The van der Waals surface area contributed by atoms with Crippen molar-refractivity contribution in [2.24, 2.45) is 0 Å². The zero-order chi connectivity index (χ0) is 12.1. The first-order valence-corrected chi connectivity index (χ1v) is 5.39. The van der Waals surface area contributed by atoms with Crippen molar-refractivity contribution in [3.63, 3.8) is 0 Å². The average molecular weight is 226 g/mol. The molecule has 86 valence electrons. The van der Waals surface area contributed by atoms with Gasteiger partial charge in [0, 0.05) is 0 Å². The lowest BCUT2D eigenvalue weighted by Gasteiger charge is -2.00. The molecule has 0 saturated heterocycles. The van der Waals surface area contributed by atoms with E-state index >= 15 is 0 Å². The van der Waals surface area contributed by atoms with Crippen LogP contribution in [0.4, 0.5) is 0 Å². The summed E-state index contributed by atoms with van der Waals surface area (Å²) in [6, 6.07) is 14.9. The number of aromatic hydroxyl groups is 1. The number of benzene rings is 2. The smallest absolute Gasteiger partial charge is 0.119 e. The Morgan fingerprint density at radius 1 is 0.941 bits per heavy atom. The van der Waals surface area contributed by atoms with Crippen molar-refractivity contribution in [3.05, 3.63) is 59.7 Å². The van der Waals surface area contributed by atoms with Crippen LogP contribution >= 0.6 is 0 Å². The van der Waals surface area contributed by atoms with Gasteiger partial charge >= 0.3 is 0 Å². The van der Waals surface area contributed by atoms with E-state index in [0.29, 0.717) is 0 Å². The summed E-state index contributed by atoms with van der Waals surface area (Å²) in [4.78, 5) is 0. The molecule has 2 aromatic rings.